The van der Waals surface area contributed by atoms with Gasteiger partial charge in [0.1, 0.15) is 0 Å². The number of hydrogen-bond acceptors (Lipinski definition) is 1. The normalized spacial score (nSPS) is 15.5. The van der Waals surface area contributed by atoms with Crippen LogP contribution in [-0.4, -0.2) is 0 Å². The molecule has 1 aliphatic carbocycles. The summed E-state index contributed by atoms with van der Waals surface area (Å²) in [6, 6.07) is 62.3. The van der Waals surface area contributed by atoms with Gasteiger partial charge in [-0.05, 0) is 134 Å². The SMILES string of the molecule is CCC(c1cccc(C#N)c1)c1ccccc1-c1cc(-c2ccc3c(c2)-c2ccccc2CC(c2cccc(-c4ccccc4)c2)C3C)ccc1C. The molecular formula is C51H43N. The molecule has 1 heteroatoms. The van der Waals surface area contributed by atoms with E-state index in [9.17, 15) is 5.26 Å². The van der Waals surface area contributed by atoms with Crippen molar-refractivity contribution in [3.05, 3.63) is 203 Å². The number of nitrogens with zero attached hydrogens (tertiary/aromatic N) is 1. The lowest BCUT2D eigenvalue weighted by molar-refractivity contribution is 0.579. The molecule has 0 aliphatic heterocycles. The lowest BCUT2D eigenvalue weighted by Crippen LogP contribution is -2.10. The van der Waals surface area contributed by atoms with Crippen LogP contribution in [-0.2, 0) is 6.42 Å². The molecule has 8 rings (SSSR count). The number of nitriles is 1. The van der Waals surface area contributed by atoms with Gasteiger partial charge in [-0.25, -0.2) is 0 Å². The zero-order chi connectivity index (χ0) is 35.6. The van der Waals surface area contributed by atoms with Crippen LogP contribution in [0.2, 0.25) is 0 Å². The first-order chi connectivity index (χ1) is 25.5. The predicted molar refractivity (Wildman–Crippen MR) is 218 cm³/mol. The Hall–Kier alpha value is -5.97. The van der Waals surface area contributed by atoms with E-state index in [-0.39, 0.29) is 5.92 Å². The van der Waals surface area contributed by atoms with Crippen molar-refractivity contribution in [2.24, 2.45) is 0 Å². The summed E-state index contributed by atoms with van der Waals surface area (Å²) < 4.78 is 0. The third-order valence-electron chi connectivity index (χ3n) is 11.3. The van der Waals surface area contributed by atoms with Crippen LogP contribution in [0.1, 0.15) is 77.0 Å². The highest BCUT2D eigenvalue weighted by atomic mass is 14.3. The van der Waals surface area contributed by atoms with Gasteiger partial charge < -0.3 is 0 Å². The van der Waals surface area contributed by atoms with Crippen molar-refractivity contribution in [3.8, 4) is 50.6 Å². The fraction of sp³-hybridized carbons (Fsp3) is 0.157. The maximum atomic E-state index is 9.62. The monoisotopic (exact) mass is 669 g/mol. The Labute approximate surface area is 308 Å². The van der Waals surface area contributed by atoms with Crippen molar-refractivity contribution in [1.29, 1.82) is 5.26 Å². The third kappa shape index (κ3) is 6.27. The largest absolute Gasteiger partial charge is 0.192 e. The molecule has 0 saturated heterocycles. The Morgan fingerprint density at radius 3 is 2.08 bits per heavy atom. The van der Waals surface area contributed by atoms with Gasteiger partial charge in [0, 0.05) is 5.92 Å². The van der Waals surface area contributed by atoms with Crippen LogP contribution in [0.15, 0.2) is 164 Å². The smallest absolute Gasteiger partial charge is 0.0991 e. The second kappa shape index (κ2) is 14.3. The topological polar surface area (TPSA) is 23.8 Å². The molecule has 7 aromatic rings. The van der Waals surface area contributed by atoms with E-state index >= 15 is 0 Å². The van der Waals surface area contributed by atoms with E-state index in [4.69, 9.17) is 0 Å². The Morgan fingerprint density at radius 1 is 0.596 bits per heavy atom. The van der Waals surface area contributed by atoms with E-state index < -0.39 is 0 Å². The highest BCUT2D eigenvalue weighted by molar-refractivity contribution is 5.82. The van der Waals surface area contributed by atoms with Gasteiger partial charge in [-0.3, -0.25) is 0 Å². The average Bonchev–Trinajstić information content (AvgIpc) is 3.33. The van der Waals surface area contributed by atoms with Crippen molar-refractivity contribution in [2.75, 3.05) is 0 Å². The zero-order valence-electron chi connectivity index (χ0n) is 30.2. The molecule has 0 saturated carbocycles. The standard InChI is InChI=1S/C51H43N/c1-4-44(41-19-12-14-36(28-41)33-52)47-22-10-11-23-48(47)49-30-39(25-24-34(49)2)40-26-27-45-35(3)50(32-43-17-8-9-21-46(43)51(45)31-40)42-20-13-18-38(29-42)37-15-6-5-7-16-37/h5-31,35,44,50H,4,32H2,1-3H3. The molecule has 52 heavy (non-hydrogen) atoms. The maximum absolute atomic E-state index is 9.62. The predicted octanol–water partition coefficient (Wildman–Crippen LogP) is 13.5. The molecule has 0 spiro atoms. The lowest BCUT2D eigenvalue weighted by Gasteiger charge is -2.25. The fourth-order valence-corrected chi connectivity index (χ4v) is 8.54. The Bertz CT molecular complexity index is 2430. The summed E-state index contributed by atoms with van der Waals surface area (Å²) in [7, 11) is 0. The van der Waals surface area contributed by atoms with Crippen molar-refractivity contribution >= 4 is 0 Å². The number of hydrogen-bond donors (Lipinski definition) is 0. The van der Waals surface area contributed by atoms with Crippen molar-refractivity contribution in [1.82, 2.24) is 0 Å². The maximum Gasteiger partial charge on any atom is 0.0991 e. The number of fused-ring (bicyclic) bond motifs is 3. The molecule has 0 bridgehead atoms. The first-order valence-electron chi connectivity index (χ1n) is 18.6. The minimum absolute atomic E-state index is 0.194. The van der Waals surface area contributed by atoms with Crippen LogP contribution < -0.4 is 0 Å². The molecule has 0 fully saturated rings. The molecule has 1 nitrogen and oxygen atoms in total. The molecular weight excluding hydrogens is 627 g/mol. The minimum Gasteiger partial charge on any atom is -0.192 e. The average molecular weight is 670 g/mol. The van der Waals surface area contributed by atoms with Crippen molar-refractivity contribution in [3.63, 3.8) is 0 Å². The molecule has 3 unspecified atom stereocenters. The minimum atomic E-state index is 0.194. The fourth-order valence-electron chi connectivity index (χ4n) is 8.54. The Balaban J connectivity index is 1.20. The molecule has 0 amide bonds. The molecule has 7 aromatic carbocycles. The zero-order valence-corrected chi connectivity index (χ0v) is 30.2. The van der Waals surface area contributed by atoms with Gasteiger partial charge in [0.2, 0.25) is 0 Å². The van der Waals surface area contributed by atoms with Gasteiger partial charge in [-0.15, -0.1) is 0 Å². The highest BCUT2D eigenvalue weighted by Crippen LogP contribution is 2.47. The summed E-state index contributed by atoms with van der Waals surface area (Å²) in [5.74, 6) is 0.896. The lowest BCUT2D eigenvalue weighted by atomic mass is 9.79. The second-order valence-corrected chi connectivity index (χ2v) is 14.4. The quantitative estimate of drug-likeness (QED) is 0.166. The molecule has 0 heterocycles. The van der Waals surface area contributed by atoms with Crippen LogP contribution in [0, 0.1) is 18.3 Å². The summed E-state index contributed by atoms with van der Waals surface area (Å²) >= 11 is 0. The van der Waals surface area contributed by atoms with Gasteiger partial charge in [-0.1, -0.05) is 153 Å². The summed E-state index contributed by atoms with van der Waals surface area (Å²) in [6.45, 7) is 6.87. The van der Waals surface area contributed by atoms with Crippen LogP contribution >= 0.6 is 0 Å². The van der Waals surface area contributed by atoms with E-state index in [2.05, 4.69) is 172 Å². The Morgan fingerprint density at radius 2 is 1.27 bits per heavy atom. The van der Waals surface area contributed by atoms with Gasteiger partial charge in [0.25, 0.3) is 0 Å². The van der Waals surface area contributed by atoms with Gasteiger partial charge in [0.15, 0.2) is 0 Å². The van der Waals surface area contributed by atoms with E-state index in [0.29, 0.717) is 17.4 Å². The van der Waals surface area contributed by atoms with E-state index in [1.54, 1.807) is 0 Å². The molecule has 0 aromatic heterocycles. The molecule has 0 radical (unpaired) electrons. The number of rotatable bonds is 7. The number of benzene rings is 7. The third-order valence-corrected chi connectivity index (χ3v) is 11.3. The molecule has 252 valence electrons. The van der Waals surface area contributed by atoms with Gasteiger partial charge in [-0.2, -0.15) is 5.26 Å². The van der Waals surface area contributed by atoms with E-state index in [1.807, 2.05) is 18.2 Å². The first-order valence-corrected chi connectivity index (χ1v) is 18.6. The molecule has 3 atom stereocenters. The summed E-state index contributed by atoms with van der Waals surface area (Å²) in [5, 5.41) is 9.62. The summed E-state index contributed by atoms with van der Waals surface area (Å²) in [5.41, 5.74) is 18.8. The van der Waals surface area contributed by atoms with Crippen molar-refractivity contribution < 1.29 is 0 Å². The van der Waals surface area contributed by atoms with Crippen LogP contribution in [0.5, 0.6) is 0 Å². The highest BCUT2D eigenvalue weighted by Gasteiger charge is 2.29. The number of aryl methyl sites for hydroxylation is 1. The van der Waals surface area contributed by atoms with Crippen molar-refractivity contribution in [2.45, 2.75) is 51.4 Å². The first kappa shape index (κ1) is 33.2. The summed E-state index contributed by atoms with van der Waals surface area (Å²) in [4.78, 5) is 0. The molecule has 0 N–H and O–H groups in total. The van der Waals surface area contributed by atoms with Gasteiger partial charge >= 0.3 is 0 Å². The molecule has 1 aliphatic rings. The Kier molecular flexibility index (Phi) is 9.15. The van der Waals surface area contributed by atoms with Crippen LogP contribution in [0.4, 0.5) is 0 Å². The summed E-state index contributed by atoms with van der Waals surface area (Å²) in [6.07, 6.45) is 1.95. The van der Waals surface area contributed by atoms with E-state index in [0.717, 1.165) is 12.8 Å². The second-order valence-electron chi connectivity index (χ2n) is 14.4. The van der Waals surface area contributed by atoms with E-state index in [1.165, 1.54) is 77.9 Å². The van der Waals surface area contributed by atoms with Crippen LogP contribution in [0.25, 0.3) is 44.5 Å². The van der Waals surface area contributed by atoms with Crippen LogP contribution in [0.3, 0.4) is 0 Å². The van der Waals surface area contributed by atoms with Gasteiger partial charge in [0.05, 0.1) is 11.6 Å².